The summed E-state index contributed by atoms with van der Waals surface area (Å²) in [6, 6.07) is 0. The molecule has 0 atom stereocenters. The predicted molar refractivity (Wildman–Crippen MR) is 67.3 cm³/mol. The second kappa shape index (κ2) is 6.62. The van der Waals surface area contributed by atoms with Gasteiger partial charge in [0.1, 0.15) is 11.6 Å². The summed E-state index contributed by atoms with van der Waals surface area (Å²) in [5.41, 5.74) is 5.75. The molecule has 5 nitrogen and oxygen atoms in total. The van der Waals surface area contributed by atoms with E-state index in [0.717, 1.165) is 0 Å². The highest BCUT2D eigenvalue weighted by Crippen LogP contribution is 2.23. The predicted octanol–water partition coefficient (Wildman–Crippen LogP) is 2.55. The van der Waals surface area contributed by atoms with Gasteiger partial charge >= 0.3 is 12.1 Å². The number of carbonyl (C=O) groups excluding carboxylic acids is 1. The Kier molecular flexibility index (Phi) is 5.41. The van der Waals surface area contributed by atoms with Gasteiger partial charge in [0.25, 0.3) is 0 Å². The van der Waals surface area contributed by atoms with E-state index in [9.17, 15) is 18.0 Å². The number of hydrogen-bond acceptors (Lipinski definition) is 4. The van der Waals surface area contributed by atoms with E-state index in [2.05, 4.69) is 4.98 Å². The summed E-state index contributed by atoms with van der Waals surface area (Å²) >= 11 is 0. The molecule has 0 radical (unpaired) electrons. The van der Waals surface area contributed by atoms with Crippen molar-refractivity contribution in [2.24, 2.45) is 0 Å². The van der Waals surface area contributed by atoms with Crippen molar-refractivity contribution in [3.63, 3.8) is 0 Å². The van der Waals surface area contributed by atoms with E-state index < -0.39 is 18.6 Å². The Bertz CT molecular complexity index is 469. The first-order valence-corrected chi connectivity index (χ1v) is 6.38. The minimum atomic E-state index is -4.20. The molecule has 0 saturated carbocycles. The number of aryl methyl sites for hydroxylation is 1. The summed E-state index contributed by atoms with van der Waals surface area (Å²) in [4.78, 5) is 15.7. The van der Waals surface area contributed by atoms with Gasteiger partial charge in [-0.25, -0.2) is 9.78 Å². The van der Waals surface area contributed by atoms with Crippen LogP contribution in [0.2, 0.25) is 0 Å². The van der Waals surface area contributed by atoms with Crippen LogP contribution in [0.15, 0.2) is 0 Å². The number of nitrogens with zero attached hydrogens (tertiary/aromatic N) is 2. The first-order chi connectivity index (χ1) is 9.30. The van der Waals surface area contributed by atoms with Crippen LogP contribution >= 0.6 is 0 Å². The SMILES string of the molecule is CCOC(=O)c1nc(CC)n(CCCC(F)(F)F)c1N. The Labute approximate surface area is 114 Å². The lowest BCUT2D eigenvalue weighted by molar-refractivity contribution is -0.135. The number of anilines is 1. The number of rotatable bonds is 6. The van der Waals surface area contributed by atoms with Crippen molar-refractivity contribution in [3.8, 4) is 0 Å². The molecule has 2 N–H and O–H groups in total. The molecule has 0 unspecified atom stereocenters. The molecular weight excluding hydrogens is 275 g/mol. The lowest BCUT2D eigenvalue weighted by atomic mass is 10.3. The zero-order valence-corrected chi connectivity index (χ0v) is 11.5. The van der Waals surface area contributed by atoms with Gasteiger partial charge in [-0.2, -0.15) is 13.2 Å². The zero-order chi connectivity index (χ0) is 15.3. The fraction of sp³-hybridized carbons (Fsp3) is 0.667. The molecule has 8 heteroatoms. The Morgan fingerprint density at radius 1 is 1.40 bits per heavy atom. The Hall–Kier alpha value is -1.73. The Morgan fingerprint density at radius 3 is 2.55 bits per heavy atom. The quantitative estimate of drug-likeness (QED) is 0.818. The van der Waals surface area contributed by atoms with Crippen LogP contribution in [0.25, 0.3) is 0 Å². The van der Waals surface area contributed by atoms with Gasteiger partial charge in [0.2, 0.25) is 0 Å². The average Bonchev–Trinajstić information content (AvgIpc) is 2.65. The van der Waals surface area contributed by atoms with E-state index in [-0.39, 0.29) is 31.1 Å². The molecular formula is C12H18F3N3O2. The Balaban J connectivity index is 2.87. The van der Waals surface area contributed by atoms with Crippen molar-refractivity contribution in [1.29, 1.82) is 0 Å². The van der Waals surface area contributed by atoms with Gasteiger partial charge in [-0.3, -0.25) is 0 Å². The monoisotopic (exact) mass is 293 g/mol. The molecule has 1 aromatic rings. The fourth-order valence-electron chi connectivity index (χ4n) is 1.82. The first kappa shape index (κ1) is 16.3. The highest BCUT2D eigenvalue weighted by molar-refractivity contribution is 5.92. The average molecular weight is 293 g/mol. The third-order valence-corrected chi connectivity index (χ3v) is 2.71. The van der Waals surface area contributed by atoms with Gasteiger partial charge in [-0.05, 0) is 13.3 Å². The molecule has 0 aliphatic rings. The summed E-state index contributed by atoms with van der Waals surface area (Å²) in [5, 5.41) is 0. The van der Waals surface area contributed by atoms with Crippen LogP contribution < -0.4 is 5.73 Å². The van der Waals surface area contributed by atoms with E-state index in [4.69, 9.17) is 10.5 Å². The molecule has 1 aromatic heterocycles. The Morgan fingerprint density at radius 2 is 2.05 bits per heavy atom. The fourth-order valence-corrected chi connectivity index (χ4v) is 1.82. The van der Waals surface area contributed by atoms with Crippen LogP contribution in [0, 0.1) is 0 Å². The van der Waals surface area contributed by atoms with Gasteiger partial charge in [0.15, 0.2) is 5.69 Å². The van der Waals surface area contributed by atoms with Crippen LogP contribution in [-0.2, 0) is 17.7 Å². The van der Waals surface area contributed by atoms with Crippen molar-refractivity contribution in [1.82, 2.24) is 9.55 Å². The molecule has 0 amide bonds. The van der Waals surface area contributed by atoms with Crippen molar-refractivity contribution in [3.05, 3.63) is 11.5 Å². The molecule has 0 spiro atoms. The highest BCUT2D eigenvalue weighted by Gasteiger charge is 2.27. The maximum Gasteiger partial charge on any atom is 0.389 e. The zero-order valence-electron chi connectivity index (χ0n) is 11.5. The number of nitrogens with two attached hydrogens (primary N) is 1. The summed E-state index contributed by atoms with van der Waals surface area (Å²) in [6.07, 6.45) is -4.75. The van der Waals surface area contributed by atoms with E-state index in [0.29, 0.717) is 12.2 Å². The second-order valence-electron chi connectivity index (χ2n) is 4.21. The van der Waals surface area contributed by atoms with E-state index in [1.807, 2.05) is 0 Å². The topological polar surface area (TPSA) is 70.1 Å². The van der Waals surface area contributed by atoms with Crippen LogP contribution in [0.4, 0.5) is 19.0 Å². The van der Waals surface area contributed by atoms with Gasteiger partial charge in [0.05, 0.1) is 6.61 Å². The first-order valence-electron chi connectivity index (χ1n) is 6.38. The minimum absolute atomic E-state index is 0.0318. The summed E-state index contributed by atoms with van der Waals surface area (Å²) < 4.78 is 42.7. The van der Waals surface area contributed by atoms with Crippen molar-refractivity contribution >= 4 is 11.8 Å². The number of alkyl halides is 3. The number of imidazole rings is 1. The van der Waals surface area contributed by atoms with Crippen LogP contribution in [0.1, 0.15) is 43.0 Å². The van der Waals surface area contributed by atoms with Gasteiger partial charge in [-0.1, -0.05) is 6.92 Å². The van der Waals surface area contributed by atoms with Gasteiger partial charge in [0, 0.05) is 19.4 Å². The number of ether oxygens (including phenoxy) is 1. The lowest BCUT2D eigenvalue weighted by Gasteiger charge is -2.10. The third kappa shape index (κ3) is 4.14. The summed E-state index contributed by atoms with van der Waals surface area (Å²) in [6.45, 7) is 3.69. The molecule has 114 valence electrons. The van der Waals surface area contributed by atoms with Crippen LogP contribution in [-0.4, -0.2) is 28.3 Å². The maximum absolute atomic E-state index is 12.1. The van der Waals surface area contributed by atoms with E-state index >= 15 is 0 Å². The molecule has 0 fully saturated rings. The molecule has 0 aliphatic heterocycles. The smallest absolute Gasteiger partial charge is 0.389 e. The lowest BCUT2D eigenvalue weighted by Crippen LogP contribution is -2.13. The number of esters is 1. The molecule has 0 bridgehead atoms. The molecule has 0 saturated heterocycles. The highest BCUT2D eigenvalue weighted by atomic mass is 19.4. The minimum Gasteiger partial charge on any atom is -0.461 e. The normalized spacial score (nSPS) is 11.7. The number of halogens is 3. The largest absolute Gasteiger partial charge is 0.461 e. The van der Waals surface area contributed by atoms with Crippen LogP contribution in [0.3, 0.4) is 0 Å². The number of aromatic nitrogens is 2. The van der Waals surface area contributed by atoms with Crippen molar-refractivity contribution in [2.75, 3.05) is 12.3 Å². The molecule has 20 heavy (non-hydrogen) atoms. The van der Waals surface area contributed by atoms with Gasteiger partial charge < -0.3 is 15.0 Å². The molecule has 0 aliphatic carbocycles. The third-order valence-electron chi connectivity index (χ3n) is 2.71. The molecule has 0 aromatic carbocycles. The number of nitrogen functional groups attached to an aromatic ring is 1. The number of carbonyl (C=O) groups is 1. The maximum atomic E-state index is 12.1. The molecule has 1 heterocycles. The summed E-state index contributed by atoms with van der Waals surface area (Å²) in [5.74, 6) is -0.121. The van der Waals surface area contributed by atoms with Crippen LogP contribution in [0.5, 0.6) is 0 Å². The number of hydrogen-bond donors (Lipinski definition) is 1. The molecule has 1 rings (SSSR count). The van der Waals surface area contributed by atoms with Gasteiger partial charge in [-0.15, -0.1) is 0 Å². The van der Waals surface area contributed by atoms with Crippen molar-refractivity contribution < 1.29 is 22.7 Å². The second-order valence-corrected chi connectivity index (χ2v) is 4.21. The van der Waals surface area contributed by atoms with E-state index in [1.54, 1.807) is 13.8 Å². The summed E-state index contributed by atoms with van der Waals surface area (Å²) in [7, 11) is 0. The van der Waals surface area contributed by atoms with E-state index in [1.165, 1.54) is 4.57 Å². The van der Waals surface area contributed by atoms with Crippen molar-refractivity contribution in [2.45, 2.75) is 45.8 Å². The standard InChI is InChI=1S/C12H18F3N3O2/c1-3-8-17-9(11(19)20-4-2)10(16)18(8)7-5-6-12(13,14)15/h3-7,16H2,1-2H3.